The van der Waals surface area contributed by atoms with Crippen molar-refractivity contribution in [1.82, 2.24) is 4.90 Å². The highest BCUT2D eigenvalue weighted by molar-refractivity contribution is 6.07. The van der Waals surface area contributed by atoms with Crippen LogP contribution in [-0.2, 0) is 21.5 Å². The molecular formula is C28H32FN3O7. The fourth-order valence-electron chi connectivity index (χ4n) is 4.94. The summed E-state index contributed by atoms with van der Waals surface area (Å²) in [6.45, 7) is 5.42. The van der Waals surface area contributed by atoms with Crippen LogP contribution in [0.3, 0.4) is 0 Å². The molecule has 2 heterocycles. The summed E-state index contributed by atoms with van der Waals surface area (Å²) in [7, 11) is 2.71. The molecule has 2 aliphatic heterocycles. The van der Waals surface area contributed by atoms with E-state index in [1.54, 1.807) is 12.1 Å². The van der Waals surface area contributed by atoms with Crippen LogP contribution in [0.15, 0.2) is 18.2 Å². The number of nitrogens with zero attached hydrogens (tertiary/aromatic N) is 2. The number of amidine groups is 1. The molecule has 2 aromatic rings. The molecule has 0 aromatic heterocycles. The number of benzene rings is 2. The molecule has 0 aliphatic carbocycles. The lowest BCUT2D eigenvalue weighted by Crippen LogP contribution is -2.31. The summed E-state index contributed by atoms with van der Waals surface area (Å²) in [5, 5.41) is 17.8. The van der Waals surface area contributed by atoms with Gasteiger partial charge in [-0.15, -0.1) is 0 Å². The number of Topliss-reactive ketones (excluding diaryl/α,β-unsaturated/α-hetero) is 1. The Labute approximate surface area is 225 Å². The summed E-state index contributed by atoms with van der Waals surface area (Å²) >= 11 is 0. The number of ketones is 1. The predicted octanol–water partition coefficient (Wildman–Crippen LogP) is 3.75. The zero-order valence-electron chi connectivity index (χ0n) is 22.6. The van der Waals surface area contributed by atoms with Crippen molar-refractivity contribution in [3.8, 4) is 17.2 Å². The van der Waals surface area contributed by atoms with Gasteiger partial charge in [-0.2, -0.15) is 0 Å². The molecule has 1 saturated heterocycles. The Hall–Kier alpha value is -4.15. The molecule has 2 aliphatic rings. The molecule has 0 radical (unpaired) electrons. The van der Waals surface area contributed by atoms with E-state index in [2.05, 4.69) is 0 Å². The van der Waals surface area contributed by atoms with Gasteiger partial charge in [-0.3, -0.25) is 15.0 Å². The number of ether oxygens (including phenoxy) is 3. The van der Waals surface area contributed by atoms with E-state index in [1.165, 1.54) is 30.1 Å². The topological polar surface area (TPSA) is 129 Å². The first-order valence-electron chi connectivity index (χ1n) is 12.5. The lowest BCUT2D eigenvalue weighted by molar-refractivity contribution is -0.139. The number of carbonyl (C=O) groups is 3. The third kappa shape index (κ3) is 5.25. The van der Waals surface area contributed by atoms with Crippen LogP contribution in [0.5, 0.6) is 17.2 Å². The van der Waals surface area contributed by atoms with E-state index in [0.29, 0.717) is 36.2 Å². The first-order chi connectivity index (χ1) is 18.4. The summed E-state index contributed by atoms with van der Waals surface area (Å²) in [5.74, 6) is -2.20. The minimum absolute atomic E-state index is 0.0524. The summed E-state index contributed by atoms with van der Waals surface area (Å²) in [6.07, 6.45) is 0.963. The summed E-state index contributed by atoms with van der Waals surface area (Å²) in [4.78, 5) is 40.6. The van der Waals surface area contributed by atoms with Gasteiger partial charge in [0.1, 0.15) is 11.6 Å². The van der Waals surface area contributed by atoms with Crippen LogP contribution >= 0.6 is 0 Å². The number of carbonyl (C=O) groups excluding carboxylic acids is 2. The maximum atomic E-state index is 15.2. The first-order valence-corrected chi connectivity index (χ1v) is 12.5. The summed E-state index contributed by atoms with van der Waals surface area (Å²) < 4.78 is 31.2. The number of hydrogen-bond acceptors (Lipinski definition) is 7. The Morgan fingerprint density at radius 1 is 1.13 bits per heavy atom. The normalized spacial score (nSPS) is 15.0. The third-order valence-corrected chi connectivity index (χ3v) is 6.85. The number of rotatable bonds is 9. The number of aliphatic carboxylic acids is 1. The molecule has 208 valence electrons. The molecule has 0 atom stereocenters. The third-order valence-electron chi connectivity index (χ3n) is 6.85. The highest BCUT2D eigenvalue weighted by Crippen LogP contribution is 2.42. The lowest BCUT2D eigenvalue weighted by Gasteiger charge is -2.28. The van der Waals surface area contributed by atoms with Crippen molar-refractivity contribution in [1.29, 1.82) is 5.41 Å². The van der Waals surface area contributed by atoms with Crippen LogP contribution in [0, 0.1) is 11.2 Å². The number of anilines is 1. The maximum absolute atomic E-state index is 15.2. The molecule has 0 saturated carbocycles. The van der Waals surface area contributed by atoms with Gasteiger partial charge >= 0.3 is 5.97 Å². The van der Waals surface area contributed by atoms with Crippen molar-refractivity contribution in [2.24, 2.45) is 0 Å². The second kappa shape index (κ2) is 10.5. The van der Waals surface area contributed by atoms with Gasteiger partial charge in [-0.05, 0) is 35.6 Å². The zero-order chi connectivity index (χ0) is 28.6. The van der Waals surface area contributed by atoms with Crippen LogP contribution in [0.25, 0.3) is 0 Å². The molecule has 39 heavy (non-hydrogen) atoms. The quantitative estimate of drug-likeness (QED) is 0.459. The number of hydrogen-bond donors (Lipinski definition) is 2. The SMILES string of the molecule is COc1cc2c(c(F)c1OC)C(=N)N(CC(=O)c1cc(N3CCCC3=O)c(OCC(=O)O)c(C(C)(C)C)c1)C2. The molecule has 11 heteroatoms. The molecular weight excluding hydrogens is 509 g/mol. The van der Waals surface area contributed by atoms with Crippen molar-refractivity contribution in [2.75, 3.05) is 38.8 Å². The molecule has 2 aromatic carbocycles. The van der Waals surface area contributed by atoms with Crippen molar-refractivity contribution in [2.45, 2.75) is 45.6 Å². The Kier molecular flexibility index (Phi) is 7.54. The van der Waals surface area contributed by atoms with Crippen LogP contribution in [0.1, 0.15) is 60.7 Å². The molecule has 1 amide bonds. The van der Waals surface area contributed by atoms with E-state index in [1.807, 2.05) is 20.8 Å². The molecule has 4 rings (SSSR count). The Bertz CT molecular complexity index is 1370. The second-order valence-electron chi connectivity index (χ2n) is 10.5. The fourth-order valence-corrected chi connectivity index (χ4v) is 4.94. The van der Waals surface area contributed by atoms with Gasteiger partial charge < -0.3 is 29.1 Å². The van der Waals surface area contributed by atoms with Crippen molar-refractivity contribution >= 4 is 29.2 Å². The monoisotopic (exact) mass is 541 g/mol. The van der Waals surface area contributed by atoms with E-state index in [0.717, 1.165) is 0 Å². The molecule has 0 bridgehead atoms. The number of amides is 1. The highest BCUT2D eigenvalue weighted by atomic mass is 19.1. The van der Waals surface area contributed by atoms with Crippen LogP contribution < -0.4 is 19.1 Å². The summed E-state index contributed by atoms with van der Waals surface area (Å²) in [6, 6.07) is 4.78. The minimum atomic E-state index is -1.17. The van der Waals surface area contributed by atoms with Gasteiger partial charge in [0.25, 0.3) is 0 Å². The van der Waals surface area contributed by atoms with E-state index >= 15 is 4.39 Å². The van der Waals surface area contributed by atoms with Gasteiger partial charge in [0.2, 0.25) is 5.91 Å². The summed E-state index contributed by atoms with van der Waals surface area (Å²) in [5.41, 5.74) is 1.18. The average Bonchev–Trinajstić information content (AvgIpc) is 3.43. The zero-order valence-corrected chi connectivity index (χ0v) is 22.6. The second-order valence-corrected chi connectivity index (χ2v) is 10.5. The van der Waals surface area contributed by atoms with E-state index in [-0.39, 0.29) is 59.0 Å². The molecule has 2 N–H and O–H groups in total. The predicted molar refractivity (Wildman–Crippen MR) is 141 cm³/mol. The highest BCUT2D eigenvalue weighted by Gasteiger charge is 2.35. The molecule has 0 spiro atoms. The fraction of sp³-hybridized carbons (Fsp3) is 0.429. The average molecular weight is 542 g/mol. The minimum Gasteiger partial charge on any atom is -0.493 e. The number of nitrogens with one attached hydrogen (secondary N) is 1. The Balaban J connectivity index is 1.72. The lowest BCUT2D eigenvalue weighted by atomic mass is 9.84. The van der Waals surface area contributed by atoms with Crippen LogP contribution in [0.4, 0.5) is 10.1 Å². The molecule has 1 fully saturated rings. The van der Waals surface area contributed by atoms with Crippen LogP contribution in [0.2, 0.25) is 0 Å². The number of halogens is 1. The van der Waals surface area contributed by atoms with Gasteiger partial charge in [0.05, 0.1) is 32.0 Å². The van der Waals surface area contributed by atoms with Gasteiger partial charge in [0.15, 0.2) is 29.7 Å². The van der Waals surface area contributed by atoms with Crippen LogP contribution in [-0.4, -0.2) is 67.4 Å². The first kappa shape index (κ1) is 27.9. The van der Waals surface area contributed by atoms with Gasteiger partial charge in [0, 0.05) is 30.6 Å². The molecule has 0 unspecified atom stereocenters. The van der Waals surface area contributed by atoms with Gasteiger partial charge in [-0.25, -0.2) is 9.18 Å². The maximum Gasteiger partial charge on any atom is 0.341 e. The number of carboxylic acid groups (broad SMARTS) is 1. The molecule has 10 nitrogen and oxygen atoms in total. The smallest absolute Gasteiger partial charge is 0.341 e. The largest absolute Gasteiger partial charge is 0.493 e. The number of fused-ring (bicyclic) bond motifs is 1. The van der Waals surface area contributed by atoms with Crippen molar-refractivity contribution < 1.29 is 38.1 Å². The standard InChI is InChI=1S/C28H32FN3O7/c1-28(2,3)17-9-15(10-18(25(17)39-14-22(35)36)32-8-6-7-21(32)34)19(33)13-31-12-16-11-20(37-4)26(38-5)24(29)23(16)27(31)30/h9-11,30H,6-8,12-14H2,1-5H3,(H,35,36). The number of carboxylic acids is 1. The van der Waals surface area contributed by atoms with E-state index in [9.17, 15) is 19.5 Å². The van der Waals surface area contributed by atoms with E-state index in [4.69, 9.17) is 19.6 Å². The van der Waals surface area contributed by atoms with E-state index < -0.39 is 23.8 Å². The van der Waals surface area contributed by atoms with Gasteiger partial charge in [-0.1, -0.05) is 20.8 Å². The Morgan fingerprint density at radius 2 is 1.85 bits per heavy atom. The van der Waals surface area contributed by atoms with Crippen molar-refractivity contribution in [3.05, 3.63) is 46.3 Å². The number of methoxy groups -OCH3 is 2. The van der Waals surface area contributed by atoms with Crippen molar-refractivity contribution in [3.63, 3.8) is 0 Å². The Morgan fingerprint density at radius 3 is 2.41 bits per heavy atom.